The summed E-state index contributed by atoms with van der Waals surface area (Å²) in [6.07, 6.45) is 3.23. The molecule has 0 radical (unpaired) electrons. The molecule has 0 bridgehead atoms. The number of aromatic carboxylic acids is 1. The number of hydrogen-bond acceptors (Lipinski definition) is 6. The van der Waals surface area contributed by atoms with Gasteiger partial charge in [-0.2, -0.15) is 0 Å². The second kappa shape index (κ2) is 9.82. The number of fused-ring (bicyclic) bond motifs is 3. The zero-order valence-corrected chi connectivity index (χ0v) is 20.7. The van der Waals surface area contributed by atoms with Crippen molar-refractivity contribution < 1.29 is 33.3 Å². The van der Waals surface area contributed by atoms with E-state index in [0.29, 0.717) is 45.2 Å². The average molecular weight is 512 g/mol. The van der Waals surface area contributed by atoms with E-state index in [1.807, 2.05) is 0 Å². The molecule has 0 unspecified atom stereocenters. The van der Waals surface area contributed by atoms with E-state index < -0.39 is 11.8 Å². The molecule has 1 aliphatic carbocycles. The maximum atomic E-state index is 13.8. The van der Waals surface area contributed by atoms with Gasteiger partial charge in [-0.25, -0.2) is 14.2 Å². The van der Waals surface area contributed by atoms with Gasteiger partial charge in [0.2, 0.25) is 5.75 Å². The Hall–Kier alpha value is -4.98. The molecule has 5 rings (SSSR count). The van der Waals surface area contributed by atoms with Crippen molar-refractivity contribution in [2.75, 3.05) is 21.3 Å². The fourth-order valence-corrected chi connectivity index (χ4v) is 4.66. The molecule has 1 heterocycles. The zero-order valence-electron chi connectivity index (χ0n) is 20.7. The first kappa shape index (κ1) is 24.7. The minimum Gasteiger partial charge on any atom is -0.493 e. The number of nitrogens with zero attached hydrogens (tertiary/aromatic N) is 1. The molecule has 1 N–H and O–H groups in total. The van der Waals surface area contributed by atoms with Crippen LogP contribution in [0.15, 0.2) is 60.7 Å². The summed E-state index contributed by atoms with van der Waals surface area (Å²) in [6, 6.07) is 15.8. The molecular weight excluding hydrogens is 489 g/mol. The van der Waals surface area contributed by atoms with E-state index >= 15 is 0 Å². The summed E-state index contributed by atoms with van der Waals surface area (Å²) in [5.41, 5.74) is 2.78. The number of carboxylic acids is 1. The van der Waals surface area contributed by atoms with Crippen molar-refractivity contribution in [2.24, 2.45) is 0 Å². The van der Waals surface area contributed by atoms with Crippen LogP contribution < -0.4 is 14.2 Å². The molecule has 4 aromatic rings. The highest BCUT2D eigenvalue weighted by atomic mass is 19.1. The third-order valence-corrected chi connectivity index (χ3v) is 6.35. The first-order valence-corrected chi connectivity index (χ1v) is 11.6. The van der Waals surface area contributed by atoms with Gasteiger partial charge in [-0.15, -0.1) is 0 Å². The van der Waals surface area contributed by atoms with Gasteiger partial charge in [-0.05, 0) is 41.5 Å². The zero-order chi connectivity index (χ0) is 27.0. The third kappa shape index (κ3) is 4.06. The quantitative estimate of drug-likeness (QED) is 0.287. The molecule has 38 heavy (non-hydrogen) atoms. The van der Waals surface area contributed by atoms with Gasteiger partial charge in [0.05, 0.1) is 43.8 Å². The first-order chi connectivity index (χ1) is 18.4. The molecule has 0 atom stereocenters. The van der Waals surface area contributed by atoms with Crippen molar-refractivity contribution in [2.45, 2.75) is 0 Å². The molecule has 3 aromatic carbocycles. The number of halogens is 1. The lowest BCUT2D eigenvalue weighted by molar-refractivity contribution is 0.0697. The third-order valence-electron chi connectivity index (χ3n) is 6.35. The fraction of sp³-hybridized carbons (Fsp3) is 0.100. The summed E-state index contributed by atoms with van der Waals surface area (Å²) in [5.74, 6) is -0.800. The van der Waals surface area contributed by atoms with Crippen LogP contribution in [0, 0.1) is 5.82 Å². The lowest BCUT2D eigenvalue weighted by Crippen LogP contribution is -2.10. The van der Waals surface area contributed by atoms with Crippen LogP contribution in [0.1, 0.15) is 37.5 Å². The Morgan fingerprint density at radius 3 is 2.08 bits per heavy atom. The summed E-state index contributed by atoms with van der Waals surface area (Å²) >= 11 is 0. The van der Waals surface area contributed by atoms with Crippen molar-refractivity contribution in [3.8, 4) is 39.6 Å². The van der Waals surface area contributed by atoms with Gasteiger partial charge in [-0.3, -0.25) is 4.79 Å². The SMILES string of the molecule is COc1cc(/C=C/c2nc3c(c(-c4ccc(F)cc4)c2C(=O)O)C(=O)c2ccccc2-3)cc(OC)c1OC. The monoisotopic (exact) mass is 511 g/mol. The number of methoxy groups -OCH3 is 3. The average Bonchev–Trinajstić information content (AvgIpc) is 3.22. The largest absolute Gasteiger partial charge is 0.493 e. The molecule has 190 valence electrons. The van der Waals surface area contributed by atoms with Gasteiger partial charge in [0.1, 0.15) is 5.82 Å². The van der Waals surface area contributed by atoms with E-state index in [0.717, 1.165) is 0 Å². The topological polar surface area (TPSA) is 95.0 Å². The number of ketones is 1. The van der Waals surface area contributed by atoms with Crippen LogP contribution in [0.4, 0.5) is 4.39 Å². The van der Waals surface area contributed by atoms with E-state index in [1.165, 1.54) is 45.6 Å². The molecule has 1 aliphatic rings. The lowest BCUT2D eigenvalue weighted by atomic mass is 9.91. The number of carbonyl (C=O) groups is 2. The van der Waals surface area contributed by atoms with Gasteiger partial charge in [0.15, 0.2) is 17.3 Å². The van der Waals surface area contributed by atoms with E-state index in [1.54, 1.807) is 48.6 Å². The second-order valence-electron chi connectivity index (χ2n) is 8.45. The van der Waals surface area contributed by atoms with E-state index in [9.17, 15) is 19.1 Å². The highest BCUT2D eigenvalue weighted by molar-refractivity contribution is 6.25. The second-order valence-corrected chi connectivity index (χ2v) is 8.45. The Morgan fingerprint density at radius 1 is 0.868 bits per heavy atom. The number of carbonyl (C=O) groups excluding carboxylic acids is 1. The number of benzene rings is 3. The van der Waals surface area contributed by atoms with Gasteiger partial charge < -0.3 is 19.3 Å². The highest BCUT2D eigenvalue weighted by Gasteiger charge is 2.35. The minimum absolute atomic E-state index is 0.133. The van der Waals surface area contributed by atoms with Crippen molar-refractivity contribution >= 4 is 23.9 Å². The summed E-state index contributed by atoms with van der Waals surface area (Å²) in [5, 5.41) is 10.3. The molecule has 0 amide bonds. The number of ether oxygens (including phenoxy) is 3. The Bertz CT molecular complexity index is 1600. The smallest absolute Gasteiger partial charge is 0.338 e. The van der Waals surface area contributed by atoms with Crippen LogP contribution in [0.2, 0.25) is 0 Å². The summed E-state index contributed by atoms with van der Waals surface area (Å²) in [4.78, 5) is 30.7. The Labute approximate surface area is 217 Å². The van der Waals surface area contributed by atoms with Crippen molar-refractivity contribution in [3.63, 3.8) is 0 Å². The normalized spacial score (nSPS) is 11.8. The molecule has 0 aliphatic heterocycles. The molecule has 0 saturated heterocycles. The van der Waals surface area contributed by atoms with Crippen LogP contribution in [-0.4, -0.2) is 43.2 Å². The number of aromatic nitrogens is 1. The van der Waals surface area contributed by atoms with Crippen LogP contribution in [0.5, 0.6) is 17.2 Å². The maximum Gasteiger partial charge on any atom is 0.338 e. The van der Waals surface area contributed by atoms with Gasteiger partial charge in [0.25, 0.3) is 0 Å². The van der Waals surface area contributed by atoms with Crippen LogP contribution in [0.3, 0.4) is 0 Å². The van der Waals surface area contributed by atoms with E-state index in [2.05, 4.69) is 4.98 Å². The molecule has 1 aromatic heterocycles. The van der Waals surface area contributed by atoms with Crippen molar-refractivity contribution in [1.82, 2.24) is 4.98 Å². The number of pyridine rings is 1. The predicted molar refractivity (Wildman–Crippen MR) is 140 cm³/mol. The van der Waals surface area contributed by atoms with Crippen molar-refractivity contribution in [1.29, 1.82) is 0 Å². The predicted octanol–water partition coefficient (Wildman–Crippen LogP) is 5.99. The number of carboxylic acid groups (broad SMARTS) is 1. The van der Waals surface area contributed by atoms with Gasteiger partial charge in [-0.1, -0.05) is 42.5 Å². The summed E-state index contributed by atoms with van der Waals surface area (Å²) < 4.78 is 30.0. The first-order valence-electron chi connectivity index (χ1n) is 11.6. The summed E-state index contributed by atoms with van der Waals surface area (Å²) in [7, 11) is 4.50. The Balaban J connectivity index is 1.77. The fourth-order valence-electron chi connectivity index (χ4n) is 4.66. The van der Waals surface area contributed by atoms with E-state index in [4.69, 9.17) is 14.2 Å². The van der Waals surface area contributed by atoms with Crippen molar-refractivity contribution in [3.05, 3.63) is 94.4 Å². The Kier molecular flexibility index (Phi) is 6.38. The van der Waals surface area contributed by atoms with Crippen LogP contribution in [-0.2, 0) is 0 Å². The molecule has 0 spiro atoms. The maximum absolute atomic E-state index is 13.8. The van der Waals surface area contributed by atoms with Crippen LogP contribution in [0.25, 0.3) is 34.5 Å². The molecular formula is C30H22FNO6. The van der Waals surface area contributed by atoms with Crippen LogP contribution >= 0.6 is 0 Å². The standard InChI is InChI=1S/C30H22FNO6/c1-36-22-14-16(15-23(37-2)29(22)38-3)8-13-21-25(30(34)35)24(17-9-11-18(31)12-10-17)26-27(32-21)19-6-4-5-7-20(19)28(26)33/h4-15H,1-3H3,(H,34,35)/b13-8+. The highest BCUT2D eigenvalue weighted by Crippen LogP contribution is 2.44. The molecule has 0 fully saturated rings. The minimum atomic E-state index is -1.27. The Morgan fingerprint density at radius 2 is 1.50 bits per heavy atom. The lowest BCUT2D eigenvalue weighted by Gasteiger charge is -2.15. The number of rotatable bonds is 7. The summed E-state index contributed by atoms with van der Waals surface area (Å²) in [6.45, 7) is 0. The molecule has 7 nitrogen and oxygen atoms in total. The molecule has 0 saturated carbocycles. The van der Waals surface area contributed by atoms with Gasteiger partial charge >= 0.3 is 5.97 Å². The number of hydrogen-bond donors (Lipinski definition) is 1. The van der Waals surface area contributed by atoms with E-state index in [-0.39, 0.29) is 28.2 Å². The van der Waals surface area contributed by atoms with Gasteiger partial charge in [0, 0.05) is 16.7 Å². The molecule has 8 heteroatoms.